The lowest BCUT2D eigenvalue weighted by Gasteiger charge is -1.89. The smallest absolute Gasteiger partial charge is 0.210 e. The monoisotopic (exact) mass is 125 g/mol. The minimum atomic E-state index is 0. The Hall–Kier alpha value is -1.05. The maximum absolute atomic E-state index is 8.70. The molecule has 0 fully saturated rings. The highest BCUT2D eigenvalue weighted by Crippen LogP contribution is 2.01. The van der Waals surface area contributed by atoms with E-state index in [1.165, 1.54) is 0 Å². The lowest BCUT2D eigenvalue weighted by molar-refractivity contribution is 0.452. The molecule has 0 aliphatic rings. The van der Waals surface area contributed by atoms with Crippen LogP contribution in [0.15, 0.2) is 18.2 Å². The number of hydrogen-bond donors (Lipinski definition) is 1. The number of rotatable bonds is 0. The van der Waals surface area contributed by atoms with Gasteiger partial charge in [0.25, 0.3) is 0 Å². The van der Waals surface area contributed by atoms with E-state index >= 15 is 0 Å². The van der Waals surface area contributed by atoms with Crippen molar-refractivity contribution in [3.63, 3.8) is 0 Å². The van der Waals surface area contributed by atoms with Gasteiger partial charge in [0.05, 0.1) is 0 Å². The molecule has 0 amide bonds. The molecule has 0 aliphatic carbocycles. The summed E-state index contributed by atoms with van der Waals surface area (Å²) in [6.45, 7) is 1.83. The highest BCUT2D eigenvalue weighted by molar-refractivity contribution is 5.12. The van der Waals surface area contributed by atoms with E-state index < -0.39 is 0 Å². The van der Waals surface area contributed by atoms with Crippen LogP contribution in [0, 0.1) is 6.92 Å². The lowest BCUT2D eigenvalue weighted by Crippen LogP contribution is -1.76. The third-order valence-electron chi connectivity index (χ3n) is 0.874. The predicted octanol–water partition coefficient (Wildman–Crippen LogP) is 1.73. The summed E-state index contributed by atoms with van der Waals surface area (Å²) in [6, 6.07) is 5.14. The van der Waals surface area contributed by atoms with E-state index in [0.29, 0.717) is 0 Å². The van der Waals surface area contributed by atoms with E-state index in [-0.39, 0.29) is 13.3 Å². The highest BCUT2D eigenvalue weighted by Gasteiger charge is 1.84. The van der Waals surface area contributed by atoms with Gasteiger partial charge in [-0.25, -0.2) is 4.98 Å². The van der Waals surface area contributed by atoms with Gasteiger partial charge in [0.1, 0.15) is 0 Å². The third kappa shape index (κ3) is 2.13. The Bertz CT molecular complexity index is 169. The summed E-state index contributed by atoms with van der Waals surface area (Å²) in [6.07, 6.45) is 0. The van der Waals surface area contributed by atoms with Gasteiger partial charge in [-0.05, 0) is 13.0 Å². The fraction of sp³-hybridized carbons (Fsp3) is 0.286. The molecule has 0 aliphatic heterocycles. The van der Waals surface area contributed by atoms with Crippen molar-refractivity contribution in [2.24, 2.45) is 0 Å². The third-order valence-corrected chi connectivity index (χ3v) is 0.874. The number of aromatic nitrogens is 1. The van der Waals surface area contributed by atoms with Crippen LogP contribution in [0.1, 0.15) is 13.1 Å². The van der Waals surface area contributed by atoms with Crippen molar-refractivity contribution in [1.29, 1.82) is 0 Å². The van der Waals surface area contributed by atoms with Crippen molar-refractivity contribution in [2.45, 2.75) is 14.4 Å². The fourth-order valence-corrected chi connectivity index (χ4v) is 0.529. The van der Waals surface area contributed by atoms with Crippen molar-refractivity contribution in [3.05, 3.63) is 23.9 Å². The predicted molar refractivity (Wildman–Crippen MR) is 37.4 cm³/mol. The zero-order chi connectivity index (χ0) is 5.98. The minimum absolute atomic E-state index is 0. The summed E-state index contributed by atoms with van der Waals surface area (Å²) in [5, 5.41) is 8.70. The summed E-state index contributed by atoms with van der Waals surface area (Å²) in [7, 11) is 0. The van der Waals surface area contributed by atoms with E-state index in [1.54, 1.807) is 12.1 Å². The number of hydrogen-bond acceptors (Lipinski definition) is 2. The standard InChI is InChI=1S/C6H7NO.CH4/c1-5-3-2-4-6(8)7-5;/h2-4H,1H3,(H,7,8);1H4. The average Bonchev–Trinajstić information content (AvgIpc) is 1.64. The maximum Gasteiger partial charge on any atom is 0.210 e. The van der Waals surface area contributed by atoms with Gasteiger partial charge >= 0.3 is 0 Å². The minimum Gasteiger partial charge on any atom is -0.493 e. The SMILES string of the molecule is C.Cc1cccc(O)n1. The zero-order valence-electron chi connectivity index (χ0n) is 4.63. The molecular formula is C7H11NO. The first-order valence-electron chi connectivity index (χ1n) is 2.41. The number of aromatic hydroxyl groups is 1. The van der Waals surface area contributed by atoms with Gasteiger partial charge in [0.2, 0.25) is 5.88 Å². The summed E-state index contributed by atoms with van der Waals surface area (Å²) in [4.78, 5) is 3.73. The van der Waals surface area contributed by atoms with Crippen molar-refractivity contribution in [3.8, 4) is 5.88 Å². The molecule has 1 aromatic rings. The number of pyridine rings is 1. The number of nitrogens with zero attached hydrogens (tertiary/aromatic N) is 1. The lowest BCUT2D eigenvalue weighted by atomic mass is 10.4. The molecule has 0 unspecified atom stereocenters. The van der Waals surface area contributed by atoms with Gasteiger partial charge in [-0.3, -0.25) is 0 Å². The molecule has 0 saturated carbocycles. The van der Waals surface area contributed by atoms with E-state index in [2.05, 4.69) is 4.98 Å². The van der Waals surface area contributed by atoms with E-state index in [9.17, 15) is 0 Å². The second kappa shape index (κ2) is 3.07. The van der Waals surface area contributed by atoms with Gasteiger partial charge in [-0.1, -0.05) is 13.5 Å². The molecule has 9 heavy (non-hydrogen) atoms. The molecular weight excluding hydrogens is 114 g/mol. The highest BCUT2D eigenvalue weighted by atomic mass is 16.3. The van der Waals surface area contributed by atoms with Crippen LogP contribution in [-0.4, -0.2) is 10.1 Å². The van der Waals surface area contributed by atoms with Gasteiger partial charge in [-0.2, -0.15) is 0 Å². The normalized spacial score (nSPS) is 8.11. The Morgan fingerprint density at radius 2 is 2.11 bits per heavy atom. The molecule has 0 saturated heterocycles. The Balaban J connectivity index is 0.000000640. The summed E-state index contributed by atoms with van der Waals surface area (Å²) in [5.74, 6) is 0.0880. The van der Waals surface area contributed by atoms with Gasteiger partial charge in [0, 0.05) is 11.8 Å². The Kier molecular flexibility index (Phi) is 2.71. The van der Waals surface area contributed by atoms with Crippen LogP contribution in [0.2, 0.25) is 0 Å². The Labute approximate surface area is 55.2 Å². The van der Waals surface area contributed by atoms with E-state index in [1.807, 2.05) is 13.0 Å². The first-order valence-corrected chi connectivity index (χ1v) is 2.41. The molecule has 2 nitrogen and oxygen atoms in total. The molecule has 1 rings (SSSR count). The summed E-state index contributed by atoms with van der Waals surface area (Å²) in [5.41, 5.74) is 0.838. The summed E-state index contributed by atoms with van der Waals surface area (Å²) < 4.78 is 0. The molecule has 1 N–H and O–H groups in total. The van der Waals surface area contributed by atoms with Crippen LogP contribution in [0.4, 0.5) is 0 Å². The summed E-state index contributed by atoms with van der Waals surface area (Å²) >= 11 is 0. The van der Waals surface area contributed by atoms with Crippen molar-refractivity contribution in [2.75, 3.05) is 0 Å². The molecule has 2 heteroatoms. The molecule has 0 radical (unpaired) electrons. The molecule has 0 aromatic carbocycles. The Morgan fingerprint density at radius 1 is 1.44 bits per heavy atom. The van der Waals surface area contributed by atoms with Gasteiger partial charge in [0.15, 0.2) is 0 Å². The van der Waals surface area contributed by atoms with Crippen LogP contribution in [0.3, 0.4) is 0 Å². The van der Waals surface area contributed by atoms with Crippen LogP contribution in [-0.2, 0) is 0 Å². The van der Waals surface area contributed by atoms with Crippen molar-refractivity contribution >= 4 is 0 Å². The first kappa shape index (κ1) is 7.95. The van der Waals surface area contributed by atoms with Gasteiger partial charge < -0.3 is 5.11 Å². The molecule has 1 aromatic heterocycles. The molecule has 0 bridgehead atoms. The quantitative estimate of drug-likeness (QED) is 0.572. The van der Waals surface area contributed by atoms with Crippen molar-refractivity contribution in [1.82, 2.24) is 4.98 Å². The number of aryl methyl sites for hydroxylation is 1. The maximum atomic E-state index is 8.70. The van der Waals surface area contributed by atoms with Crippen LogP contribution >= 0.6 is 0 Å². The molecule has 0 atom stereocenters. The largest absolute Gasteiger partial charge is 0.493 e. The van der Waals surface area contributed by atoms with E-state index in [0.717, 1.165) is 5.69 Å². The Morgan fingerprint density at radius 3 is 2.44 bits per heavy atom. The van der Waals surface area contributed by atoms with Crippen LogP contribution in [0.25, 0.3) is 0 Å². The molecule has 0 spiro atoms. The zero-order valence-corrected chi connectivity index (χ0v) is 4.63. The van der Waals surface area contributed by atoms with Gasteiger partial charge in [-0.15, -0.1) is 0 Å². The molecule has 1 heterocycles. The topological polar surface area (TPSA) is 33.1 Å². The van der Waals surface area contributed by atoms with Crippen LogP contribution in [0.5, 0.6) is 5.88 Å². The second-order valence-electron chi connectivity index (χ2n) is 1.64. The fourth-order valence-electron chi connectivity index (χ4n) is 0.529. The second-order valence-corrected chi connectivity index (χ2v) is 1.64. The van der Waals surface area contributed by atoms with Crippen LogP contribution < -0.4 is 0 Å². The molecule has 50 valence electrons. The average molecular weight is 125 g/mol. The first-order chi connectivity index (χ1) is 3.79. The van der Waals surface area contributed by atoms with Crippen molar-refractivity contribution < 1.29 is 5.11 Å². The van der Waals surface area contributed by atoms with E-state index in [4.69, 9.17) is 5.11 Å².